The topological polar surface area (TPSA) is 45.6 Å². The summed E-state index contributed by atoms with van der Waals surface area (Å²) in [6, 6.07) is 11.5. The maximum atomic E-state index is 9.43. The van der Waals surface area contributed by atoms with Crippen molar-refractivity contribution in [2.24, 2.45) is 0 Å². The van der Waals surface area contributed by atoms with E-state index in [2.05, 4.69) is 9.88 Å². The molecule has 1 N–H and O–H groups in total. The third-order valence-electron chi connectivity index (χ3n) is 3.65. The van der Waals surface area contributed by atoms with Gasteiger partial charge in [-0.05, 0) is 18.2 Å². The lowest BCUT2D eigenvalue weighted by atomic mass is 10.2. The van der Waals surface area contributed by atoms with Crippen molar-refractivity contribution in [2.75, 3.05) is 18.0 Å². The standard InChI is InChI=1S/C16H17ClN2O2/c17-14-5-3-8-18-16(14)21-13-7-9-19(10-13)15-6-2-1-4-12(15)11-20/h1-6,8,13,20H,7,9-11H2/t13-/m0/s1. The Bertz CT molecular complexity index is 621. The zero-order valence-electron chi connectivity index (χ0n) is 11.6. The van der Waals surface area contributed by atoms with Crippen LogP contribution in [0.25, 0.3) is 0 Å². The molecule has 21 heavy (non-hydrogen) atoms. The fourth-order valence-corrected chi connectivity index (χ4v) is 2.78. The van der Waals surface area contributed by atoms with Gasteiger partial charge in [-0.25, -0.2) is 4.98 Å². The van der Waals surface area contributed by atoms with Gasteiger partial charge in [-0.2, -0.15) is 0 Å². The zero-order valence-corrected chi connectivity index (χ0v) is 12.3. The van der Waals surface area contributed by atoms with Gasteiger partial charge >= 0.3 is 0 Å². The van der Waals surface area contributed by atoms with Crippen molar-refractivity contribution in [3.8, 4) is 5.88 Å². The van der Waals surface area contributed by atoms with Crippen molar-refractivity contribution in [2.45, 2.75) is 19.1 Å². The molecular formula is C16H17ClN2O2. The fourth-order valence-electron chi connectivity index (χ4n) is 2.61. The van der Waals surface area contributed by atoms with Crippen LogP contribution < -0.4 is 9.64 Å². The molecule has 5 heteroatoms. The minimum absolute atomic E-state index is 0.0459. The summed E-state index contributed by atoms with van der Waals surface area (Å²) in [5.74, 6) is 0.487. The number of aromatic nitrogens is 1. The van der Waals surface area contributed by atoms with Gasteiger partial charge in [0.2, 0.25) is 5.88 Å². The number of benzene rings is 1. The van der Waals surface area contributed by atoms with Crippen molar-refractivity contribution < 1.29 is 9.84 Å². The molecule has 1 fully saturated rings. The molecule has 0 spiro atoms. The number of hydrogen-bond acceptors (Lipinski definition) is 4. The highest BCUT2D eigenvalue weighted by atomic mass is 35.5. The Morgan fingerprint density at radius 1 is 1.29 bits per heavy atom. The number of ether oxygens (including phenoxy) is 1. The highest BCUT2D eigenvalue weighted by Gasteiger charge is 2.26. The molecule has 2 aromatic rings. The predicted octanol–water partition coefficient (Wildman–Crippen LogP) is 2.89. The molecule has 3 rings (SSSR count). The summed E-state index contributed by atoms with van der Waals surface area (Å²) in [6.45, 7) is 1.71. The molecule has 1 atom stereocenters. The molecule has 0 aliphatic carbocycles. The number of pyridine rings is 1. The molecule has 0 unspecified atom stereocenters. The first kappa shape index (κ1) is 14.2. The number of hydrogen-bond donors (Lipinski definition) is 1. The number of anilines is 1. The van der Waals surface area contributed by atoms with Crippen LogP contribution in [-0.2, 0) is 6.61 Å². The Balaban J connectivity index is 1.70. The molecule has 1 aliphatic heterocycles. The lowest BCUT2D eigenvalue weighted by molar-refractivity contribution is 0.216. The summed E-state index contributed by atoms with van der Waals surface area (Å²) >= 11 is 6.07. The van der Waals surface area contributed by atoms with E-state index in [0.717, 1.165) is 30.8 Å². The maximum Gasteiger partial charge on any atom is 0.232 e. The number of rotatable bonds is 4. The van der Waals surface area contributed by atoms with E-state index >= 15 is 0 Å². The minimum Gasteiger partial charge on any atom is -0.471 e. The average molecular weight is 305 g/mol. The van der Waals surface area contributed by atoms with Gasteiger partial charge in [0.1, 0.15) is 11.1 Å². The molecule has 0 bridgehead atoms. The van der Waals surface area contributed by atoms with Crippen LogP contribution in [0.4, 0.5) is 5.69 Å². The molecule has 0 radical (unpaired) electrons. The van der Waals surface area contributed by atoms with E-state index < -0.39 is 0 Å². The highest BCUT2D eigenvalue weighted by Crippen LogP contribution is 2.28. The van der Waals surface area contributed by atoms with Crippen LogP contribution in [0, 0.1) is 0 Å². The summed E-state index contributed by atoms with van der Waals surface area (Å²) < 4.78 is 5.88. The Labute approximate surface area is 128 Å². The van der Waals surface area contributed by atoms with Gasteiger partial charge in [-0.1, -0.05) is 29.8 Å². The first-order chi connectivity index (χ1) is 10.3. The average Bonchev–Trinajstić information content (AvgIpc) is 2.98. The van der Waals surface area contributed by atoms with E-state index in [9.17, 15) is 5.11 Å². The van der Waals surface area contributed by atoms with Crippen LogP contribution in [-0.4, -0.2) is 29.3 Å². The van der Waals surface area contributed by atoms with Crippen molar-refractivity contribution >= 4 is 17.3 Å². The second-order valence-electron chi connectivity index (χ2n) is 5.05. The zero-order chi connectivity index (χ0) is 14.7. The van der Waals surface area contributed by atoms with E-state index in [1.165, 1.54) is 0 Å². The summed E-state index contributed by atoms with van der Waals surface area (Å²) in [7, 11) is 0. The number of nitrogens with zero attached hydrogens (tertiary/aromatic N) is 2. The van der Waals surface area contributed by atoms with Crippen molar-refractivity contribution in [3.05, 3.63) is 53.2 Å². The van der Waals surface area contributed by atoms with Gasteiger partial charge in [0.05, 0.1) is 13.2 Å². The smallest absolute Gasteiger partial charge is 0.232 e. The Hall–Kier alpha value is -1.78. The summed E-state index contributed by atoms with van der Waals surface area (Å²) in [6.07, 6.45) is 2.64. The molecule has 1 aliphatic rings. The molecule has 1 aromatic heterocycles. The third-order valence-corrected chi connectivity index (χ3v) is 3.94. The van der Waals surface area contributed by atoms with Gasteiger partial charge in [0, 0.05) is 30.4 Å². The van der Waals surface area contributed by atoms with Gasteiger partial charge in [0.25, 0.3) is 0 Å². The quantitative estimate of drug-likeness (QED) is 0.943. The maximum absolute atomic E-state index is 9.43. The van der Waals surface area contributed by atoms with Crippen LogP contribution in [0.5, 0.6) is 5.88 Å². The molecule has 1 saturated heterocycles. The molecule has 0 amide bonds. The molecule has 4 nitrogen and oxygen atoms in total. The Kier molecular flexibility index (Phi) is 4.27. The SMILES string of the molecule is OCc1ccccc1N1CC[C@H](Oc2ncccc2Cl)C1. The first-order valence-electron chi connectivity index (χ1n) is 6.99. The highest BCUT2D eigenvalue weighted by molar-refractivity contribution is 6.31. The predicted molar refractivity (Wildman–Crippen MR) is 82.9 cm³/mol. The van der Waals surface area contributed by atoms with Crippen molar-refractivity contribution in [1.82, 2.24) is 4.98 Å². The monoisotopic (exact) mass is 304 g/mol. The Morgan fingerprint density at radius 3 is 2.95 bits per heavy atom. The molecule has 0 saturated carbocycles. The van der Waals surface area contributed by atoms with E-state index in [-0.39, 0.29) is 12.7 Å². The fraction of sp³-hybridized carbons (Fsp3) is 0.312. The summed E-state index contributed by atoms with van der Waals surface area (Å²) in [5.41, 5.74) is 2.01. The molecular weight excluding hydrogens is 288 g/mol. The second kappa shape index (κ2) is 6.33. The van der Waals surface area contributed by atoms with Crippen LogP contribution in [0.3, 0.4) is 0 Å². The van der Waals surface area contributed by atoms with Gasteiger partial charge in [0.15, 0.2) is 0 Å². The molecule has 110 valence electrons. The second-order valence-corrected chi connectivity index (χ2v) is 5.46. The van der Waals surface area contributed by atoms with Gasteiger partial charge in [-0.3, -0.25) is 0 Å². The number of aliphatic hydroxyl groups excluding tert-OH is 1. The first-order valence-corrected chi connectivity index (χ1v) is 7.36. The number of halogens is 1. The van der Waals surface area contributed by atoms with Gasteiger partial charge < -0.3 is 14.7 Å². The minimum atomic E-state index is 0.0459. The number of para-hydroxylation sites is 1. The largest absolute Gasteiger partial charge is 0.471 e. The van der Waals surface area contributed by atoms with E-state index in [1.54, 1.807) is 18.3 Å². The van der Waals surface area contributed by atoms with E-state index in [4.69, 9.17) is 16.3 Å². The van der Waals surface area contributed by atoms with E-state index in [0.29, 0.717) is 10.9 Å². The lowest BCUT2D eigenvalue weighted by Gasteiger charge is -2.21. The van der Waals surface area contributed by atoms with Gasteiger partial charge in [-0.15, -0.1) is 0 Å². The van der Waals surface area contributed by atoms with Crippen molar-refractivity contribution in [1.29, 1.82) is 0 Å². The Morgan fingerprint density at radius 2 is 2.14 bits per heavy atom. The van der Waals surface area contributed by atoms with Crippen LogP contribution >= 0.6 is 11.6 Å². The number of aliphatic hydroxyl groups is 1. The molecule has 2 heterocycles. The lowest BCUT2D eigenvalue weighted by Crippen LogP contribution is -2.25. The summed E-state index contributed by atoms with van der Waals surface area (Å²) in [5, 5.41) is 9.96. The van der Waals surface area contributed by atoms with Crippen LogP contribution in [0.2, 0.25) is 5.02 Å². The molecule has 1 aromatic carbocycles. The van der Waals surface area contributed by atoms with Crippen LogP contribution in [0.1, 0.15) is 12.0 Å². The normalized spacial score (nSPS) is 18.0. The summed E-state index contributed by atoms with van der Waals surface area (Å²) in [4.78, 5) is 6.39. The van der Waals surface area contributed by atoms with Crippen LogP contribution in [0.15, 0.2) is 42.6 Å². The third kappa shape index (κ3) is 3.12. The van der Waals surface area contributed by atoms with E-state index in [1.807, 2.05) is 24.3 Å². The van der Waals surface area contributed by atoms with Crippen molar-refractivity contribution in [3.63, 3.8) is 0 Å².